The van der Waals surface area contributed by atoms with Crippen molar-refractivity contribution in [1.82, 2.24) is 14.0 Å². The lowest BCUT2D eigenvalue weighted by atomic mass is 10.1. The average molecular weight is 476 g/mol. The summed E-state index contributed by atoms with van der Waals surface area (Å²) in [5, 5.41) is 0. The second-order valence-electron chi connectivity index (χ2n) is 9.15. The van der Waals surface area contributed by atoms with Crippen molar-refractivity contribution >= 4 is 33.4 Å². The van der Waals surface area contributed by atoms with E-state index in [0.717, 1.165) is 44.2 Å². The van der Waals surface area contributed by atoms with Gasteiger partial charge in [0.2, 0.25) is 0 Å². The molecular formula is C30H25N3OS. The van der Waals surface area contributed by atoms with E-state index in [9.17, 15) is 4.79 Å². The quantitative estimate of drug-likeness (QED) is 0.308. The summed E-state index contributed by atoms with van der Waals surface area (Å²) >= 11 is 1.45. The zero-order chi connectivity index (χ0) is 24.3. The molecule has 6 rings (SSSR count). The largest absolute Gasteiger partial charge is 0.318 e. The summed E-state index contributed by atoms with van der Waals surface area (Å²) in [7, 11) is 0. The predicted octanol–water partition coefficient (Wildman–Crippen LogP) is 6.15. The predicted molar refractivity (Wildman–Crippen MR) is 146 cm³/mol. The average Bonchev–Trinajstić information content (AvgIpc) is 3.45. The lowest BCUT2D eigenvalue weighted by Gasteiger charge is -2.11. The lowest BCUT2D eigenvalue weighted by molar-refractivity contribution is 0.965. The highest BCUT2D eigenvalue weighted by molar-refractivity contribution is 7.15. The van der Waals surface area contributed by atoms with Crippen LogP contribution in [0.4, 0.5) is 0 Å². The van der Waals surface area contributed by atoms with E-state index in [1.165, 1.54) is 28.0 Å². The number of fused-ring (bicyclic) bond motifs is 3. The normalized spacial score (nSPS) is 12.3. The Hall–Kier alpha value is -3.96. The molecule has 0 atom stereocenters. The molecule has 0 amide bonds. The Bertz CT molecular complexity index is 1840. The molecular weight excluding hydrogens is 450 g/mol. The van der Waals surface area contributed by atoms with Crippen LogP contribution in [0, 0.1) is 27.7 Å². The molecule has 5 heteroatoms. The van der Waals surface area contributed by atoms with Gasteiger partial charge in [-0.05, 0) is 91.9 Å². The van der Waals surface area contributed by atoms with Crippen molar-refractivity contribution in [1.29, 1.82) is 0 Å². The van der Waals surface area contributed by atoms with Gasteiger partial charge in [-0.1, -0.05) is 53.8 Å². The standard InChI is InChI=1S/C30H25N3OS/c1-18-14-26-27(15-19(18)2)33-29(34)28(35-30(33)31-26)17-24-16-20(3)32(21(24)4)25-12-10-23(11-13-25)22-8-6-5-7-9-22/h5-17H,1-4H3/b28-17+. The molecule has 0 saturated heterocycles. The SMILES string of the molecule is Cc1cc2nc3s/c(=C/c4cc(C)n(-c5ccc(-c6ccccc6)cc5)c4C)c(=O)n3c2cc1C. The molecule has 0 aliphatic rings. The first-order valence-corrected chi connectivity index (χ1v) is 12.5. The van der Waals surface area contributed by atoms with Gasteiger partial charge >= 0.3 is 0 Å². The van der Waals surface area contributed by atoms with Crippen molar-refractivity contribution in [3.63, 3.8) is 0 Å². The number of thiazole rings is 1. The zero-order valence-corrected chi connectivity index (χ0v) is 21.0. The molecule has 0 aliphatic carbocycles. The van der Waals surface area contributed by atoms with E-state index in [4.69, 9.17) is 4.98 Å². The third-order valence-corrected chi connectivity index (χ3v) is 7.81. The summed E-state index contributed by atoms with van der Waals surface area (Å²) in [5.41, 5.74) is 10.9. The molecule has 4 nitrogen and oxygen atoms in total. The van der Waals surface area contributed by atoms with Crippen LogP contribution in [-0.4, -0.2) is 14.0 Å². The smallest absolute Gasteiger partial charge is 0.274 e. The molecule has 0 radical (unpaired) electrons. The fraction of sp³-hybridized carbons (Fsp3) is 0.133. The Kier molecular flexibility index (Phi) is 4.97. The van der Waals surface area contributed by atoms with Crippen molar-refractivity contribution in [2.24, 2.45) is 0 Å². The number of benzene rings is 3. The van der Waals surface area contributed by atoms with Gasteiger partial charge in [0.15, 0.2) is 4.96 Å². The van der Waals surface area contributed by atoms with Gasteiger partial charge < -0.3 is 4.57 Å². The number of rotatable bonds is 3. The minimum Gasteiger partial charge on any atom is -0.318 e. The fourth-order valence-corrected chi connectivity index (χ4v) is 5.80. The first-order valence-electron chi connectivity index (χ1n) is 11.7. The van der Waals surface area contributed by atoms with Gasteiger partial charge in [0, 0.05) is 17.1 Å². The van der Waals surface area contributed by atoms with Gasteiger partial charge in [-0.3, -0.25) is 4.79 Å². The Balaban J connectivity index is 1.43. The molecule has 0 unspecified atom stereocenters. The molecule has 3 aromatic heterocycles. The molecule has 0 N–H and O–H groups in total. The van der Waals surface area contributed by atoms with Crippen LogP contribution in [0.2, 0.25) is 0 Å². The van der Waals surface area contributed by atoms with Gasteiger partial charge in [0.05, 0.1) is 15.6 Å². The first kappa shape index (κ1) is 21.6. The highest BCUT2D eigenvalue weighted by Crippen LogP contribution is 2.25. The Morgan fingerprint density at radius 1 is 0.829 bits per heavy atom. The van der Waals surface area contributed by atoms with Crippen LogP contribution in [0.1, 0.15) is 28.1 Å². The van der Waals surface area contributed by atoms with Crippen LogP contribution in [0.3, 0.4) is 0 Å². The van der Waals surface area contributed by atoms with Gasteiger partial charge in [0.25, 0.3) is 5.56 Å². The molecule has 3 heterocycles. The number of aromatic nitrogens is 3. The molecule has 0 fully saturated rings. The summed E-state index contributed by atoms with van der Waals surface area (Å²) in [5.74, 6) is 0. The van der Waals surface area contributed by atoms with Crippen molar-refractivity contribution in [3.8, 4) is 16.8 Å². The minimum atomic E-state index is -0.00669. The highest BCUT2D eigenvalue weighted by Gasteiger charge is 2.14. The molecule has 172 valence electrons. The molecule has 0 saturated carbocycles. The Morgan fingerprint density at radius 3 is 2.26 bits per heavy atom. The van der Waals surface area contributed by atoms with Gasteiger partial charge in [-0.2, -0.15) is 0 Å². The van der Waals surface area contributed by atoms with Crippen molar-refractivity contribution < 1.29 is 0 Å². The van der Waals surface area contributed by atoms with Crippen LogP contribution in [0.25, 0.3) is 38.9 Å². The maximum absolute atomic E-state index is 13.3. The topological polar surface area (TPSA) is 39.3 Å². The zero-order valence-electron chi connectivity index (χ0n) is 20.2. The summed E-state index contributed by atoms with van der Waals surface area (Å²) < 4.78 is 4.69. The van der Waals surface area contributed by atoms with E-state index in [1.54, 1.807) is 4.40 Å². The molecule has 6 aromatic rings. The Labute approximate surface area is 207 Å². The van der Waals surface area contributed by atoms with E-state index in [2.05, 4.69) is 99.0 Å². The van der Waals surface area contributed by atoms with E-state index >= 15 is 0 Å². The Morgan fingerprint density at radius 2 is 1.51 bits per heavy atom. The van der Waals surface area contributed by atoms with E-state index < -0.39 is 0 Å². The van der Waals surface area contributed by atoms with Crippen LogP contribution >= 0.6 is 11.3 Å². The minimum absolute atomic E-state index is 0.00669. The second kappa shape index (κ2) is 8.07. The van der Waals surface area contributed by atoms with Gasteiger partial charge in [-0.15, -0.1) is 0 Å². The van der Waals surface area contributed by atoms with E-state index in [0.29, 0.717) is 4.53 Å². The van der Waals surface area contributed by atoms with E-state index in [-0.39, 0.29) is 5.56 Å². The van der Waals surface area contributed by atoms with Crippen molar-refractivity contribution in [3.05, 3.63) is 116 Å². The highest BCUT2D eigenvalue weighted by atomic mass is 32.1. The van der Waals surface area contributed by atoms with Crippen LogP contribution in [0.15, 0.2) is 77.6 Å². The molecule has 0 bridgehead atoms. The third kappa shape index (κ3) is 3.51. The lowest BCUT2D eigenvalue weighted by Crippen LogP contribution is -2.22. The van der Waals surface area contributed by atoms with Crippen LogP contribution in [0.5, 0.6) is 0 Å². The maximum atomic E-state index is 13.3. The summed E-state index contributed by atoms with van der Waals surface area (Å²) in [6.07, 6.45) is 2.01. The van der Waals surface area contributed by atoms with Gasteiger partial charge in [-0.25, -0.2) is 9.38 Å². The third-order valence-electron chi connectivity index (χ3n) is 6.84. The summed E-state index contributed by atoms with van der Waals surface area (Å²) in [4.78, 5) is 18.8. The van der Waals surface area contributed by atoms with Gasteiger partial charge in [0.1, 0.15) is 0 Å². The monoisotopic (exact) mass is 475 g/mol. The molecule has 0 spiro atoms. The summed E-state index contributed by atoms with van der Waals surface area (Å²) in [6.45, 7) is 8.35. The van der Waals surface area contributed by atoms with Crippen LogP contribution < -0.4 is 10.1 Å². The van der Waals surface area contributed by atoms with Crippen molar-refractivity contribution in [2.45, 2.75) is 27.7 Å². The van der Waals surface area contributed by atoms with Crippen LogP contribution in [-0.2, 0) is 0 Å². The molecule has 0 aliphatic heterocycles. The van der Waals surface area contributed by atoms with Crippen molar-refractivity contribution in [2.75, 3.05) is 0 Å². The first-order chi connectivity index (χ1) is 16.9. The number of imidazole rings is 1. The second-order valence-corrected chi connectivity index (χ2v) is 10.2. The number of nitrogens with zero attached hydrogens (tertiary/aromatic N) is 3. The summed E-state index contributed by atoms with van der Waals surface area (Å²) in [6, 6.07) is 25.3. The fourth-order valence-electron chi connectivity index (χ4n) is 4.82. The van der Waals surface area contributed by atoms with E-state index in [1.807, 2.05) is 12.1 Å². The maximum Gasteiger partial charge on any atom is 0.274 e. The molecule has 3 aromatic carbocycles. The number of aryl methyl sites for hydroxylation is 3. The molecule has 35 heavy (non-hydrogen) atoms. The number of hydrogen-bond acceptors (Lipinski definition) is 3. The number of hydrogen-bond donors (Lipinski definition) is 0.